The molecule has 0 spiro atoms. The quantitative estimate of drug-likeness (QED) is 0.741. The van der Waals surface area contributed by atoms with Crippen LogP contribution in [0.25, 0.3) is 0 Å². The normalized spacial score (nSPS) is 11.2. The number of hydrogen-bond donors (Lipinski definition) is 3. The largest absolute Gasteiger partial charge is 0.480 e. The molecule has 0 saturated heterocycles. The van der Waals surface area contributed by atoms with Gasteiger partial charge in [0.15, 0.2) is 5.82 Å². The highest BCUT2D eigenvalue weighted by atomic mass is 35.5. The average Bonchev–Trinajstić information content (AvgIpc) is 2.34. The van der Waals surface area contributed by atoms with E-state index in [0.29, 0.717) is 0 Å². The van der Waals surface area contributed by atoms with Gasteiger partial charge in [-0.25, -0.2) is 14.0 Å². The summed E-state index contributed by atoms with van der Waals surface area (Å²) in [5.74, 6) is 0.0396. The maximum Gasteiger partial charge on any atom is 0.327 e. The molecule has 0 aliphatic rings. The summed E-state index contributed by atoms with van der Waals surface area (Å²) in [6.45, 7) is 0. The van der Waals surface area contributed by atoms with Crippen LogP contribution in [0.2, 0.25) is 5.02 Å². The number of amides is 2. The fourth-order valence-electron chi connectivity index (χ4n) is 1.23. The van der Waals surface area contributed by atoms with Crippen LogP contribution in [-0.4, -0.2) is 23.1 Å². The van der Waals surface area contributed by atoms with Crippen LogP contribution >= 0.6 is 11.6 Å². The van der Waals surface area contributed by atoms with Crippen molar-refractivity contribution in [1.29, 1.82) is 0 Å². The third kappa shape index (κ3) is 4.16. The zero-order chi connectivity index (χ0) is 14.4. The van der Waals surface area contributed by atoms with Crippen molar-refractivity contribution in [3.63, 3.8) is 0 Å². The van der Waals surface area contributed by atoms with E-state index in [1.165, 1.54) is 18.2 Å². The van der Waals surface area contributed by atoms with Crippen molar-refractivity contribution in [3.8, 4) is 12.3 Å². The second-order valence-electron chi connectivity index (χ2n) is 3.50. The molecule has 0 bridgehead atoms. The van der Waals surface area contributed by atoms with Gasteiger partial charge in [-0.3, -0.25) is 0 Å². The van der Waals surface area contributed by atoms with Gasteiger partial charge >= 0.3 is 12.0 Å². The van der Waals surface area contributed by atoms with Crippen molar-refractivity contribution in [2.45, 2.75) is 12.5 Å². The number of carboxylic acids is 1. The number of hydrogen-bond acceptors (Lipinski definition) is 2. The maximum absolute atomic E-state index is 13.5. The molecule has 100 valence electrons. The van der Waals surface area contributed by atoms with Crippen molar-refractivity contribution < 1.29 is 19.1 Å². The zero-order valence-electron chi connectivity index (χ0n) is 9.61. The van der Waals surface area contributed by atoms with Crippen LogP contribution < -0.4 is 10.6 Å². The van der Waals surface area contributed by atoms with E-state index in [4.69, 9.17) is 23.1 Å². The van der Waals surface area contributed by atoms with Crippen molar-refractivity contribution >= 4 is 29.3 Å². The predicted molar refractivity (Wildman–Crippen MR) is 68.4 cm³/mol. The SMILES string of the molecule is C#CCC(NC(=O)Nc1cccc(Cl)c1F)C(=O)O. The zero-order valence-corrected chi connectivity index (χ0v) is 10.4. The Morgan fingerprint density at radius 3 is 2.79 bits per heavy atom. The molecule has 3 N–H and O–H groups in total. The number of rotatable bonds is 4. The summed E-state index contributed by atoms with van der Waals surface area (Å²) in [5, 5.41) is 12.9. The minimum atomic E-state index is -1.28. The molecule has 7 heteroatoms. The van der Waals surface area contributed by atoms with Crippen LogP contribution in [0.5, 0.6) is 0 Å². The standard InChI is InChI=1S/C12H10ClFN2O3/c1-2-4-9(11(17)18)16-12(19)15-8-6-3-5-7(13)10(8)14/h1,3,5-6,9H,4H2,(H,17,18)(H2,15,16,19). The summed E-state index contributed by atoms with van der Waals surface area (Å²) in [6.07, 6.45) is 4.80. The van der Waals surface area contributed by atoms with Crippen LogP contribution in [0.1, 0.15) is 6.42 Å². The lowest BCUT2D eigenvalue weighted by molar-refractivity contribution is -0.139. The number of carboxylic acid groups (broad SMARTS) is 1. The van der Waals surface area contributed by atoms with Gasteiger partial charge < -0.3 is 15.7 Å². The van der Waals surface area contributed by atoms with Gasteiger partial charge in [0.1, 0.15) is 6.04 Å². The van der Waals surface area contributed by atoms with Gasteiger partial charge in [-0.2, -0.15) is 0 Å². The minimum absolute atomic E-state index is 0.156. The van der Waals surface area contributed by atoms with Gasteiger partial charge in [0, 0.05) is 6.42 Å². The molecule has 5 nitrogen and oxygen atoms in total. The van der Waals surface area contributed by atoms with Crippen LogP contribution in [0.3, 0.4) is 0 Å². The Morgan fingerprint density at radius 2 is 2.21 bits per heavy atom. The van der Waals surface area contributed by atoms with Crippen molar-refractivity contribution in [3.05, 3.63) is 29.0 Å². The number of carbonyl (C=O) groups is 2. The van der Waals surface area contributed by atoms with Crippen LogP contribution in [-0.2, 0) is 4.79 Å². The van der Waals surface area contributed by atoms with Gasteiger partial charge in [-0.1, -0.05) is 17.7 Å². The number of benzene rings is 1. The number of urea groups is 1. The smallest absolute Gasteiger partial charge is 0.327 e. The lowest BCUT2D eigenvalue weighted by atomic mass is 10.2. The summed E-state index contributed by atoms with van der Waals surface area (Å²) in [5.41, 5.74) is -0.158. The molecule has 0 radical (unpaired) electrons. The molecule has 0 aliphatic carbocycles. The molecule has 1 unspecified atom stereocenters. The molecule has 1 aromatic carbocycles. The van der Waals surface area contributed by atoms with E-state index in [2.05, 4.69) is 16.6 Å². The van der Waals surface area contributed by atoms with E-state index in [0.717, 1.165) is 0 Å². The summed E-state index contributed by atoms with van der Waals surface area (Å²) in [7, 11) is 0. The maximum atomic E-state index is 13.5. The molecule has 0 fully saturated rings. The van der Waals surface area contributed by atoms with Gasteiger partial charge in [0.05, 0.1) is 10.7 Å². The highest BCUT2D eigenvalue weighted by Gasteiger charge is 2.19. The molecule has 1 aromatic rings. The molecular formula is C12H10ClFN2O3. The fourth-order valence-corrected chi connectivity index (χ4v) is 1.41. The Hall–Kier alpha value is -2.26. The highest BCUT2D eigenvalue weighted by Crippen LogP contribution is 2.21. The first kappa shape index (κ1) is 14.8. The summed E-state index contributed by atoms with van der Waals surface area (Å²) in [4.78, 5) is 22.3. The molecule has 1 rings (SSSR count). The summed E-state index contributed by atoms with van der Waals surface area (Å²) >= 11 is 5.54. The number of carbonyl (C=O) groups excluding carboxylic acids is 1. The Morgan fingerprint density at radius 1 is 1.53 bits per heavy atom. The lowest BCUT2D eigenvalue weighted by Gasteiger charge is -2.13. The van der Waals surface area contributed by atoms with Crippen molar-refractivity contribution in [1.82, 2.24) is 5.32 Å². The van der Waals surface area contributed by atoms with E-state index in [9.17, 15) is 14.0 Å². The molecule has 1 atom stereocenters. The van der Waals surface area contributed by atoms with Crippen molar-refractivity contribution in [2.75, 3.05) is 5.32 Å². The van der Waals surface area contributed by atoms with Crippen LogP contribution in [0, 0.1) is 18.2 Å². The Bertz CT molecular complexity index is 542. The van der Waals surface area contributed by atoms with Gasteiger partial charge in [0.2, 0.25) is 0 Å². The fraction of sp³-hybridized carbons (Fsp3) is 0.167. The summed E-state index contributed by atoms with van der Waals surface area (Å²) < 4.78 is 13.5. The van der Waals surface area contributed by atoms with Gasteiger partial charge in [-0.15, -0.1) is 12.3 Å². The highest BCUT2D eigenvalue weighted by molar-refractivity contribution is 6.31. The number of halogens is 2. The second kappa shape index (κ2) is 6.61. The van der Waals surface area contributed by atoms with Gasteiger partial charge in [-0.05, 0) is 12.1 Å². The molecule has 19 heavy (non-hydrogen) atoms. The number of terminal acetylenes is 1. The lowest BCUT2D eigenvalue weighted by Crippen LogP contribution is -2.42. The number of nitrogens with one attached hydrogen (secondary N) is 2. The molecule has 0 saturated carbocycles. The van der Waals surface area contributed by atoms with Gasteiger partial charge in [0.25, 0.3) is 0 Å². The molecule has 0 aromatic heterocycles. The second-order valence-corrected chi connectivity index (χ2v) is 3.91. The Balaban J connectivity index is 2.72. The average molecular weight is 285 g/mol. The first-order valence-electron chi connectivity index (χ1n) is 5.13. The van der Waals surface area contributed by atoms with Crippen molar-refractivity contribution in [2.24, 2.45) is 0 Å². The minimum Gasteiger partial charge on any atom is -0.480 e. The number of aliphatic carboxylic acids is 1. The molecule has 2 amide bonds. The first-order chi connectivity index (χ1) is 8.95. The predicted octanol–water partition coefficient (Wildman–Crippen LogP) is 2.08. The molecular weight excluding hydrogens is 275 g/mol. The van der Waals surface area contributed by atoms with E-state index >= 15 is 0 Å². The molecule has 0 aliphatic heterocycles. The first-order valence-corrected chi connectivity index (χ1v) is 5.51. The summed E-state index contributed by atoms with van der Waals surface area (Å²) in [6, 6.07) is 1.92. The monoisotopic (exact) mass is 284 g/mol. The Labute approximate surface area is 113 Å². The third-order valence-electron chi connectivity index (χ3n) is 2.13. The van der Waals surface area contributed by atoms with E-state index in [1.54, 1.807) is 0 Å². The third-order valence-corrected chi connectivity index (χ3v) is 2.42. The van der Waals surface area contributed by atoms with E-state index in [-0.39, 0.29) is 17.1 Å². The Kier molecular flexibility index (Phi) is 5.15. The molecule has 0 heterocycles. The topological polar surface area (TPSA) is 78.4 Å². The van der Waals surface area contributed by atoms with E-state index < -0.39 is 23.9 Å². The number of anilines is 1. The van der Waals surface area contributed by atoms with Crippen LogP contribution in [0.15, 0.2) is 18.2 Å². The van der Waals surface area contributed by atoms with E-state index in [1.807, 2.05) is 0 Å². The van der Waals surface area contributed by atoms with Crippen LogP contribution in [0.4, 0.5) is 14.9 Å².